The lowest BCUT2D eigenvalue weighted by atomic mass is 10.3. The zero-order valence-electron chi connectivity index (χ0n) is 8.84. The molecule has 2 rings (SSSR count). The lowest BCUT2D eigenvalue weighted by Crippen LogP contribution is -2.08. The van der Waals surface area contributed by atoms with Crippen LogP contribution >= 0.6 is 11.6 Å². The zero-order valence-corrected chi connectivity index (χ0v) is 9.59. The van der Waals surface area contributed by atoms with E-state index < -0.39 is 12.6 Å². The molecule has 92 valence electrons. The Bertz CT molecular complexity index is 519. The third-order valence-corrected chi connectivity index (χ3v) is 2.68. The quantitative estimate of drug-likeness (QED) is 0.816. The first kappa shape index (κ1) is 12.2. The lowest BCUT2D eigenvalue weighted by molar-refractivity contribution is -0.135. The fourth-order valence-electron chi connectivity index (χ4n) is 1.66. The Balaban J connectivity index is 2.09. The number of alkyl halides is 3. The molecule has 0 aliphatic carbocycles. The lowest BCUT2D eigenvalue weighted by Gasteiger charge is -2.07. The maximum absolute atomic E-state index is 12.0. The van der Waals surface area contributed by atoms with Crippen molar-refractivity contribution in [1.29, 1.82) is 0 Å². The molecule has 0 atom stereocenters. The minimum absolute atomic E-state index is 0.0532. The van der Waals surface area contributed by atoms with Crippen molar-refractivity contribution in [2.75, 3.05) is 0 Å². The van der Waals surface area contributed by atoms with E-state index in [1.54, 1.807) is 22.8 Å². The van der Waals surface area contributed by atoms with E-state index in [0.29, 0.717) is 17.1 Å². The predicted octanol–water partition coefficient (Wildman–Crippen LogP) is 4.03. The van der Waals surface area contributed by atoms with Crippen molar-refractivity contribution in [2.24, 2.45) is 0 Å². The van der Waals surface area contributed by atoms with Crippen LogP contribution < -0.4 is 0 Å². The Labute approximate surface area is 101 Å². The molecule has 0 saturated heterocycles. The van der Waals surface area contributed by atoms with Gasteiger partial charge in [-0.3, -0.25) is 0 Å². The third kappa shape index (κ3) is 3.12. The van der Waals surface area contributed by atoms with Crippen LogP contribution in [0.1, 0.15) is 12.8 Å². The molecule has 2 nitrogen and oxygen atoms in total. The monoisotopic (exact) mass is 262 g/mol. The van der Waals surface area contributed by atoms with Gasteiger partial charge < -0.3 is 4.57 Å². The van der Waals surface area contributed by atoms with Crippen molar-refractivity contribution in [1.82, 2.24) is 9.55 Å². The van der Waals surface area contributed by atoms with Gasteiger partial charge in [0.1, 0.15) is 0 Å². The number of aromatic nitrogens is 2. The van der Waals surface area contributed by atoms with Crippen molar-refractivity contribution in [2.45, 2.75) is 25.6 Å². The highest BCUT2D eigenvalue weighted by Gasteiger charge is 2.26. The third-order valence-electron chi connectivity index (χ3n) is 2.44. The summed E-state index contributed by atoms with van der Waals surface area (Å²) < 4.78 is 37.7. The standard InChI is InChI=1S/C11H10ClF3N2/c12-8-2-3-10-9(6-8)16-7-17(10)5-1-4-11(13,14)15/h2-3,6-7H,1,4-5H2. The van der Waals surface area contributed by atoms with E-state index in [1.165, 1.54) is 6.33 Å². The van der Waals surface area contributed by atoms with Gasteiger partial charge in [-0.2, -0.15) is 13.2 Å². The van der Waals surface area contributed by atoms with Crippen molar-refractivity contribution in [3.05, 3.63) is 29.5 Å². The molecular weight excluding hydrogens is 253 g/mol. The first-order chi connectivity index (χ1) is 7.96. The minimum Gasteiger partial charge on any atom is -0.331 e. The molecule has 0 saturated carbocycles. The first-order valence-electron chi connectivity index (χ1n) is 5.13. The Morgan fingerprint density at radius 2 is 2.06 bits per heavy atom. The van der Waals surface area contributed by atoms with Gasteiger partial charge in [-0.05, 0) is 24.6 Å². The summed E-state index contributed by atoms with van der Waals surface area (Å²) in [4.78, 5) is 4.09. The highest BCUT2D eigenvalue weighted by atomic mass is 35.5. The molecule has 0 N–H and O–H groups in total. The van der Waals surface area contributed by atoms with E-state index in [2.05, 4.69) is 4.98 Å². The molecule has 0 spiro atoms. The smallest absolute Gasteiger partial charge is 0.331 e. The van der Waals surface area contributed by atoms with E-state index in [-0.39, 0.29) is 6.42 Å². The summed E-state index contributed by atoms with van der Waals surface area (Å²) in [5.41, 5.74) is 1.50. The number of aryl methyl sites for hydroxylation is 1. The van der Waals surface area contributed by atoms with Gasteiger partial charge in [-0.1, -0.05) is 11.6 Å². The van der Waals surface area contributed by atoms with Crippen molar-refractivity contribution in [3.8, 4) is 0 Å². The molecule has 17 heavy (non-hydrogen) atoms. The van der Waals surface area contributed by atoms with E-state index in [0.717, 1.165) is 5.52 Å². The molecule has 2 aromatic rings. The van der Waals surface area contributed by atoms with Gasteiger partial charge >= 0.3 is 6.18 Å². The normalized spacial score (nSPS) is 12.2. The molecule has 1 aromatic carbocycles. The van der Waals surface area contributed by atoms with E-state index in [1.807, 2.05) is 0 Å². The van der Waals surface area contributed by atoms with Crippen LogP contribution in [0.5, 0.6) is 0 Å². The van der Waals surface area contributed by atoms with E-state index in [9.17, 15) is 13.2 Å². The summed E-state index contributed by atoms with van der Waals surface area (Å²) in [6.45, 7) is 0.303. The summed E-state index contributed by atoms with van der Waals surface area (Å²) >= 11 is 5.79. The van der Waals surface area contributed by atoms with Gasteiger partial charge in [0.2, 0.25) is 0 Å². The van der Waals surface area contributed by atoms with E-state index >= 15 is 0 Å². The molecule has 0 radical (unpaired) electrons. The Hall–Kier alpha value is -1.23. The second-order valence-corrected chi connectivity index (χ2v) is 4.23. The SMILES string of the molecule is FC(F)(F)CCCn1cnc2cc(Cl)ccc21. The van der Waals surface area contributed by atoms with Crippen LogP contribution in [0.25, 0.3) is 11.0 Å². The summed E-state index contributed by atoms with van der Waals surface area (Å²) in [7, 11) is 0. The van der Waals surface area contributed by atoms with Crippen LogP contribution in [0, 0.1) is 0 Å². The second-order valence-electron chi connectivity index (χ2n) is 3.79. The fourth-order valence-corrected chi connectivity index (χ4v) is 1.83. The minimum atomic E-state index is -4.10. The Morgan fingerprint density at radius 3 is 2.76 bits per heavy atom. The maximum Gasteiger partial charge on any atom is 0.389 e. The van der Waals surface area contributed by atoms with Crippen LogP contribution in [0.15, 0.2) is 24.5 Å². The molecule has 0 amide bonds. The summed E-state index contributed by atoms with van der Waals surface area (Å²) in [6.07, 6.45) is -3.28. The molecular formula is C11H10ClF3N2. The number of rotatable bonds is 3. The molecule has 0 fully saturated rings. The molecule has 1 heterocycles. The van der Waals surface area contributed by atoms with Gasteiger partial charge in [0.25, 0.3) is 0 Å². The van der Waals surface area contributed by atoms with Crippen molar-refractivity contribution >= 4 is 22.6 Å². The highest BCUT2D eigenvalue weighted by molar-refractivity contribution is 6.31. The molecule has 0 aliphatic rings. The number of fused-ring (bicyclic) bond motifs is 1. The van der Waals surface area contributed by atoms with Crippen molar-refractivity contribution < 1.29 is 13.2 Å². The van der Waals surface area contributed by atoms with Crippen LogP contribution in [0.3, 0.4) is 0 Å². The number of hydrogen-bond donors (Lipinski definition) is 0. The van der Waals surface area contributed by atoms with Crippen LogP contribution in [0.2, 0.25) is 5.02 Å². The molecule has 1 aromatic heterocycles. The Morgan fingerprint density at radius 1 is 1.29 bits per heavy atom. The van der Waals surface area contributed by atoms with Gasteiger partial charge in [0, 0.05) is 18.0 Å². The van der Waals surface area contributed by atoms with Gasteiger partial charge in [0.05, 0.1) is 17.4 Å². The summed E-state index contributed by atoms with van der Waals surface area (Å²) in [5, 5.41) is 0.568. The molecule has 0 unspecified atom stereocenters. The van der Waals surface area contributed by atoms with Crippen molar-refractivity contribution in [3.63, 3.8) is 0 Å². The number of hydrogen-bond acceptors (Lipinski definition) is 1. The van der Waals surface area contributed by atoms with Gasteiger partial charge in [0.15, 0.2) is 0 Å². The molecule has 0 aliphatic heterocycles. The number of imidazole rings is 1. The topological polar surface area (TPSA) is 17.8 Å². The summed E-state index contributed by atoms with van der Waals surface area (Å²) in [6, 6.07) is 5.15. The highest BCUT2D eigenvalue weighted by Crippen LogP contribution is 2.23. The number of benzene rings is 1. The average molecular weight is 263 g/mol. The fraction of sp³-hybridized carbons (Fsp3) is 0.364. The summed E-state index contributed by atoms with van der Waals surface area (Å²) in [5.74, 6) is 0. The number of nitrogens with zero attached hydrogens (tertiary/aromatic N) is 2. The average Bonchev–Trinajstić information content (AvgIpc) is 2.59. The predicted molar refractivity (Wildman–Crippen MR) is 60.0 cm³/mol. The second kappa shape index (κ2) is 4.56. The largest absolute Gasteiger partial charge is 0.389 e. The Kier molecular flexibility index (Phi) is 3.28. The van der Waals surface area contributed by atoms with Crippen LogP contribution in [-0.4, -0.2) is 15.7 Å². The molecule has 6 heteroatoms. The zero-order chi connectivity index (χ0) is 12.5. The molecule has 0 bridgehead atoms. The first-order valence-corrected chi connectivity index (χ1v) is 5.51. The maximum atomic E-state index is 12.0. The van der Waals surface area contributed by atoms with Gasteiger partial charge in [-0.25, -0.2) is 4.98 Å². The van der Waals surface area contributed by atoms with Gasteiger partial charge in [-0.15, -0.1) is 0 Å². The number of halogens is 4. The van der Waals surface area contributed by atoms with E-state index in [4.69, 9.17) is 11.6 Å². The van der Waals surface area contributed by atoms with Crippen LogP contribution in [0.4, 0.5) is 13.2 Å². The van der Waals surface area contributed by atoms with Crippen LogP contribution in [-0.2, 0) is 6.54 Å².